The number of rotatable bonds is 7. The van der Waals surface area contributed by atoms with Crippen molar-refractivity contribution in [3.63, 3.8) is 0 Å². The minimum absolute atomic E-state index is 0.0340. The van der Waals surface area contributed by atoms with Gasteiger partial charge in [0.15, 0.2) is 6.61 Å². The molecule has 0 saturated heterocycles. The second-order valence-corrected chi connectivity index (χ2v) is 6.28. The highest BCUT2D eigenvalue weighted by atomic mass is 32.1. The van der Waals surface area contributed by atoms with Gasteiger partial charge < -0.3 is 15.4 Å². The van der Waals surface area contributed by atoms with E-state index in [0.29, 0.717) is 5.75 Å². The van der Waals surface area contributed by atoms with Gasteiger partial charge in [0.1, 0.15) is 5.75 Å². The van der Waals surface area contributed by atoms with Crippen molar-refractivity contribution in [3.05, 3.63) is 58.3 Å². The summed E-state index contributed by atoms with van der Waals surface area (Å²) in [5.74, 6) is -0.0295. The lowest BCUT2D eigenvalue weighted by Crippen LogP contribution is -2.27. The molecule has 2 rings (SSSR count). The fraction of sp³-hybridized carbons (Fsp3) is 0.222. The SMILES string of the molecule is C[C@H](c1cccs1)N(C)C(=O)/C=C\c1ccc(OCC(N)=O)cc1. The number of carbonyl (C=O) groups excluding carboxylic acids is 2. The van der Waals surface area contributed by atoms with E-state index in [4.69, 9.17) is 10.5 Å². The molecule has 1 heterocycles. The molecular formula is C18H20N2O3S. The summed E-state index contributed by atoms with van der Waals surface area (Å²) in [5.41, 5.74) is 5.89. The van der Waals surface area contributed by atoms with Gasteiger partial charge in [-0.3, -0.25) is 9.59 Å². The molecule has 0 aliphatic heterocycles. The third kappa shape index (κ3) is 4.96. The van der Waals surface area contributed by atoms with Crippen LogP contribution in [0.1, 0.15) is 23.4 Å². The highest BCUT2D eigenvalue weighted by Crippen LogP contribution is 2.23. The van der Waals surface area contributed by atoms with Crippen LogP contribution in [0.3, 0.4) is 0 Å². The number of hydrogen-bond donors (Lipinski definition) is 1. The summed E-state index contributed by atoms with van der Waals surface area (Å²) >= 11 is 1.63. The maximum atomic E-state index is 12.3. The Morgan fingerprint density at radius 2 is 2.00 bits per heavy atom. The van der Waals surface area contributed by atoms with Crippen molar-refractivity contribution in [3.8, 4) is 5.75 Å². The number of nitrogens with two attached hydrogens (primary N) is 1. The van der Waals surface area contributed by atoms with E-state index < -0.39 is 5.91 Å². The van der Waals surface area contributed by atoms with Gasteiger partial charge in [0.2, 0.25) is 5.91 Å². The van der Waals surface area contributed by atoms with Crippen molar-refractivity contribution in [1.82, 2.24) is 4.90 Å². The van der Waals surface area contributed by atoms with Crippen molar-refractivity contribution < 1.29 is 14.3 Å². The fourth-order valence-corrected chi connectivity index (χ4v) is 2.85. The fourth-order valence-electron chi connectivity index (χ4n) is 2.03. The Bertz CT molecular complexity index is 708. The van der Waals surface area contributed by atoms with Gasteiger partial charge in [-0.25, -0.2) is 0 Å². The van der Waals surface area contributed by atoms with E-state index in [1.54, 1.807) is 47.6 Å². The summed E-state index contributed by atoms with van der Waals surface area (Å²) in [4.78, 5) is 25.8. The molecule has 2 aromatic rings. The summed E-state index contributed by atoms with van der Waals surface area (Å²) in [7, 11) is 1.79. The van der Waals surface area contributed by atoms with Crippen LogP contribution in [0.4, 0.5) is 0 Å². The molecule has 5 nitrogen and oxygen atoms in total. The van der Waals surface area contributed by atoms with E-state index in [0.717, 1.165) is 10.4 Å². The van der Waals surface area contributed by atoms with Crippen molar-refractivity contribution >= 4 is 29.2 Å². The zero-order chi connectivity index (χ0) is 17.5. The summed E-state index contributed by atoms with van der Waals surface area (Å²) in [5, 5.41) is 2.00. The molecule has 1 atom stereocenters. The van der Waals surface area contributed by atoms with Crippen LogP contribution in [-0.4, -0.2) is 30.4 Å². The molecule has 1 aromatic heterocycles. The number of primary amides is 1. The molecular weight excluding hydrogens is 324 g/mol. The van der Waals surface area contributed by atoms with Crippen molar-refractivity contribution in [2.45, 2.75) is 13.0 Å². The van der Waals surface area contributed by atoms with Gasteiger partial charge >= 0.3 is 0 Å². The van der Waals surface area contributed by atoms with Crippen molar-refractivity contribution in [2.75, 3.05) is 13.7 Å². The Kier molecular flexibility index (Phi) is 6.14. The molecule has 0 bridgehead atoms. The Labute approximate surface area is 145 Å². The van der Waals surface area contributed by atoms with Crippen LogP contribution in [-0.2, 0) is 9.59 Å². The molecule has 126 valence electrons. The molecule has 6 heteroatoms. The van der Waals surface area contributed by atoms with E-state index in [2.05, 4.69) is 0 Å². The largest absolute Gasteiger partial charge is 0.484 e. The number of ether oxygens (including phenoxy) is 1. The standard InChI is InChI=1S/C18H20N2O3S/c1-13(16-4-3-11-24-16)20(2)18(22)10-7-14-5-8-15(9-6-14)23-12-17(19)21/h3-11,13H,12H2,1-2H3,(H2,19,21)/b10-7-/t13-/m1/s1. The molecule has 0 radical (unpaired) electrons. The Morgan fingerprint density at radius 1 is 1.29 bits per heavy atom. The first-order chi connectivity index (χ1) is 11.5. The van der Waals surface area contributed by atoms with E-state index in [1.165, 1.54) is 0 Å². The minimum atomic E-state index is -0.521. The summed E-state index contributed by atoms with van der Waals surface area (Å²) in [6.07, 6.45) is 3.29. The van der Waals surface area contributed by atoms with Gasteiger partial charge in [0.05, 0.1) is 6.04 Å². The molecule has 24 heavy (non-hydrogen) atoms. The van der Waals surface area contributed by atoms with Gasteiger partial charge in [-0.1, -0.05) is 18.2 Å². The number of nitrogens with zero attached hydrogens (tertiary/aromatic N) is 1. The van der Waals surface area contributed by atoms with Gasteiger partial charge in [0, 0.05) is 18.0 Å². The second kappa shape index (κ2) is 8.31. The van der Waals surface area contributed by atoms with Crippen LogP contribution in [0.15, 0.2) is 47.9 Å². The quantitative estimate of drug-likeness (QED) is 0.785. The molecule has 0 fully saturated rings. The predicted octanol–water partition coefficient (Wildman–Crippen LogP) is 2.85. The third-order valence-corrected chi connectivity index (χ3v) is 4.61. The summed E-state index contributed by atoms with van der Waals surface area (Å²) in [6.45, 7) is 1.85. The van der Waals surface area contributed by atoms with Gasteiger partial charge in [-0.2, -0.15) is 0 Å². The Balaban J connectivity index is 1.94. The van der Waals surface area contributed by atoms with E-state index in [9.17, 15) is 9.59 Å². The predicted molar refractivity (Wildman–Crippen MR) is 95.7 cm³/mol. The zero-order valence-electron chi connectivity index (χ0n) is 13.6. The van der Waals surface area contributed by atoms with E-state index in [1.807, 2.05) is 36.6 Å². The maximum Gasteiger partial charge on any atom is 0.255 e. The molecule has 0 unspecified atom stereocenters. The maximum absolute atomic E-state index is 12.3. The first kappa shape index (κ1) is 17.7. The minimum Gasteiger partial charge on any atom is -0.484 e. The average molecular weight is 344 g/mol. The Morgan fingerprint density at radius 3 is 2.58 bits per heavy atom. The summed E-state index contributed by atoms with van der Waals surface area (Å²) < 4.78 is 5.19. The van der Waals surface area contributed by atoms with Crippen molar-refractivity contribution in [1.29, 1.82) is 0 Å². The Hall–Kier alpha value is -2.60. The lowest BCUT2D eigenvalue weighted by molar-refractivity contribution is -0.126. The molecule has 0 aliphatic rings. The van der Waals surface area contributed by atoms with E-state index >= 15 is 0 Å². The second-order valence-electron chi connectivity index (χ2n) is 5.30. The van der Waals surface area contributed by atoms with Gasteiger partial charge in [-0.05, 0) is 42.1 Å². The van der Waals surface area contributed by atoms with Gasteiger partial charge in [-0.15, -0.1) is 11.3 Å². The highest BCUT2D eigenvalue weighted by Gasteiger charge is 2.15. The molecule has 0 saturated carbocycles. The highest BCUT2D eigenvalue weighted by molar-refractivity contribution is 7.10. The molecule has 2 amide bonds. The lowest BCUT2D eigenvalue weighted by Gasteiger charge is -2.22. The van der Waals surface area contributed by atoms with Crippen LogP contribution >= 0.6 is 11.3 Å². The van der Waals surface area contributed by atoms with Crippen molar-refractivity contribution in [2.24, 2.45) is 5.73 Å². The first-order valence-corrected chi connectivity index (χ1v) is 8.35. The number of benzene rings is 1. The zero-order valence-corrected chi connectivity index (χ0v) is 14.5. The normalized spacial score (nSPS) is 12.1. The van der Waals surface area contributed by atoms with Gasteiger partial charge in [0.25, 0.3) is 5.91 Å². The van der Waals surface area contributed by atoms with Crippen LogP contribution in [0.25, 0.3) is 6.08 Å². The number of likely N-dealkylation sites (N-methyl/N-ethyl adjacent to an activating group) is 1. The van der Waals surface area contributed by atoms with E-state index in [-0.39, 0.29) is 18.6 Å². The number of amides is 2. The smallest absolute Gasteiger partial charge is 0.255 e. The monoisotopic (exact) mass is 344 g/mol. The number of thiophene rings is 1. The molecule has 1 aromatic carbocycles. The molecule has 0 aliphatic carbocycles. The topological polar surface area (TPSA) is 72.6 Å². The van der Waals surface area contributed by atoms with Crippen LogP contribution in [0.2, 0.25) is 0 Å². The molecule has 2 N–H and O–H groups in total. The number of carbonyl (C=O) groups is 2. The van der Waals surface area contributed by atoms with Crippen LogP contribution in [0.5, 0.6) is 5.75 Å². The lowest BCUT2D eigenvalue weighted by atomic mass is 10.2. The number of hydrogen-bond acceptors (Lipinski definition) is 4. The average Bonchev–Trinajstić information content (AvgIpc) is 3.12. The summed E-state index contributed by atoms with van der Waals surface area (Å²) in [6, 6.07) is 11.1. The third-order valence-electron chi connectivity index (χ3n) is 3.56. The first-order valence-electron chi connectivity index (χ1n) is 7.47. The van der Waals surface area contributed by atoms with Crippen LogP contribution < -0.4 is 10.5 Å². The molecule has 0 spiro atoms. The van der Waals surface area contributed by atoms with Crippen LogP contribution in [0, 0.1) is 0 Å².